The van der Waals surface area contributed by atoms with Gasteiger partial charge in [0.05, 0.1) is 11.4 Å². The third-order valence-electron chi connectivity index (χ3n) is 6.45. The lowest BCUT2D eigenvalue weighted by Crippen LogP contribution is -2.32. The number of hydrogen-bond donors (Lipinski definition) is 0. The summed E-state index contributed by atoms with van der Waals surface area (Å²) in [5, 5.41) is 2.11. The molecule has 0 fully saturated rings. The number of hydrogen-bond acceptors (Lipinski definition) is 5. The zero-order chi connectivity index (χ0) is 21.7. The number of rotatable bonds is 3. The molecule has 4 aromatic rings. The van der Waals surface area contributed by atoms with E-state index in [4.69, 9.17) is 0 Å². The average Bonchev–Trinajstić information content (AvgIpc) is 3.22. The van der Waals surface area contributed by atoms with Crippen LogP contribution in [0.5, 0.6) is 0 Å². The van der Waals surface area contributed by atoms with Crippen LogP contribution < -0.4 is 5.56 Å². The quantitative estimate of drug-likeness (QED) is 0.316. The van der Waals surface area contributed by atoms with Crippen molar-refractivity contribution < 1.29 is 0 Å². The third-order valence-corrected chi connectivity index (χ3v) is 10.3. The minimum Gasteiger partial charge on any atom is -0.303 e. The van der Waals surface area contributed by atoms with Gasteiger partial charge in [-0.1, -0.05) is 59.8 Å². The van der Waals surface area contributed by atoms with E-state index in [0.29, 0.717) is 5.25 Å². The monoisotopic (exact) mass is 476 g/mol. The number of fused-ring (bicyclic) bond motifs is 5. The Bertz CT molecular complexity index is 1340. The second-order valence-electron chi connectivity index (χ2n) is 8.60. The Morgan fingerprint density at radius 1 is 1.03 bits per heavy atom. The van der Waals surface area contributed by atoms with Crippen molar-refractivity contribution in [2.24, 2.45) is 0 Å². The van der Waals surface area contributed by atoms with E-state index in [-0.39, 0.29) is 11.6 Å². The van der Waals surface area contributed by atoms with Gasteiger partial charge in [-0.05, 0) is 55.9 Å². The SMILES string of the molecule is Cc1ccc(S[C@H]2CSc3nc(=O)c4c5c(sc4n3[C@@H]2c2ccccc2)CCCC5)cc1. The minimum atomic E-state index is -0.0328. The van der Waals surface area contributed by atoms with E-state index in [1.54, 1.807) is 11.8 Å². The van der Waals surface area contributed by atoms with Crippen LogP contribution in [0.3, 0.4) is 0 Å². The van der Waals surface area contributed by atoms with Crippen molar-refractivity contribution >= 4 is 45.1 Å². The number of aryl methyl sites for hydroxylation is 3. The smallest absolute Gasteiger partial charge is 0.282 e. The zero-order valence-electron chi connectivity index (χ0n) is 17.9. The van der Waals surface area contributed by atoms with Gasteiger partial charge in [-0.15, -0.1) is 23.1 Å². The molecule has 0 amide bonds. The first-order valence-electron chi connectivity index (χ1n) is 11.2. The highest BCUT2D eigenvalue weighted by Gasteiger charge is 2.35. The summed E-state index contributed by atoms with van der Waals surface area (Å²) in [5.74, 6) is 0.932. The van der Waals surface area contributed by atoms with E-state index in [9.17, 15) is 4.79 Å². The standard InChI is InChI=1S/C26H24N2OS3/c1-16-11-13-18(14-12-16)31-21-15-30-26-27-24(29)22-19-9-5-6-10-20(19)32-25(22)28(26)23(21)17-7-3-2-4-8-17/h2-4,7-8,11-14,21,23H,5-6,9-10,15H2,1H3/t21-,23+/m0/s1. The summed E-state index contributed by atoms with van der Waals surface area (Å²) in [5.41, 5.74) is 3.81. The van der Waals surface area contributed by atoms with Crippen molar-refractivity contribution in [1.29, 1.82) is 0 Å². The predicted octanol–water partition coefficient (Wildman–Crippen LogP) is 6.50. The topological polar surface area (TPSA) is 34.9 Å². The molecular weight excluding hydrogens is 453 g/mol. The Labute approximate surface area is 200 Å². The van der Waals surface area contributed by atoms with Crippen molar-refractivity contribution in [3.8, 4) is 0 Å². The molecular formula is C26H24N2OS3. The van der Waals surface area contributed by atoms with Gasteiger partial charge in [-0.25, -0.2) is 0 Å². The van der Waals surface area contributed by atoms with Crippen LogP contribution in [0.4, 0.5) is 0 Å². The first kappa shape index (κ1) is 20.6. The van der Waals surface area contributed by atoms with Crippen LogP contribution in [0.1, 0.15) is 40.5 Å². The second-order valence-corrected chi connectivity index (χ2v) is 12.0. The summed E-state index contributed by atoms with van der Waals surface area (Å²) in [6.45, 7) is 2.13. The lowest BCUT2D eigenvalue weighted by molar-refractivity contribution is 0.526. The van der Waals surface area contributed by atoms with Crippen LogP contribution in [-0.4, -0.2) is 20.6 Å². The summed E-state index contributed by atoms with van der Waals surface area (Å²) in [4.78, 5) is 21.5. The highest BCUT2D eigenvalue weighted by Crippen LogP contribution is 2.46. The molecule has 3 heterocycles. The lowest BCUT2D eigenvalue weighted by Gasteiger charge is -2.35. The molecule has 2 atom stereocenters. The van der Waals surface area contributed by atoms with Crippen LogP contribution in [0.25, 0.3) is 10.2 Å². The maximum absolute atomic E-state index is 13.1. The fourth-order valence-corrected chi connectivity index (χ4v) is 8.88. The zero-order valence-corrected chi connectivity index (χ0v) is 20.4. The van der Waals surface area contributed by atoms with Crippen molar-refractivity contribution in [2.75, 3.05) is 5.75 Å². The Morgan fingerprint density at radius 3 is 2.62 bits per heavy atom. The van der Waals surface area contributed by atoms with Gasteiger partial charge < -0.3 is 4.57 Å². The van der Waals surface area contributed by atoms with E-state index in [2.05, 4.69) is 71.1 Å². The van der Waals surface area contributed by atoms with Crippen molar-refractivity contribution in [3.05, 3.63) is 86.5 Å². The van der Waals surface area contributed by atoms with Gasteiger partial charge in [0, 0.05) is 20.8 Å². The Kier molecular flexibility index (Phi) is 5.40. The van der Waals surface area contributed by atoms with Gasteiger partial charge in [0.2, 0.25) is 0 Å². The van der Waals surface area contributed by atoms with Crippen molar-refractivity contribution in [2.45, 2.75) is 54.0 Å². The Balaban J connectivity index is 1.54. The molecule has 3 nitrogen and oxygen atoms in total. The number of nitrogens with zero attached hydrogens (tertiary/aromatic N) is 2. The van der Waals surface area contributed by atoms with Gasteiger partial charge in [-0.2, -0.15) is 4.98 Å². The third kappa shape index (κ3) is 3.53. The molecule has 2 aromatic heterocycles. The summed E-state index contributed by atoms with van der Waals surface area (Å²) in [7, 11) is 0. The molecule has 0 saturated carbocycles. The van der Waals surface area contributed by atoms with E-state index >= 15 is 0 Å². The van der Waals surface area contributed by atoms with Gasteiger partial charge in [0.15, 0.2) is 5.16 Å². The van der Waals surface area contributed by atoms with Crippen LogP contribution in [0.2, 0.25) is 0 Å². The van der Waals surface area contributed by atoms with E-state index in [0.717, 1.165) is 34.0 Å². The highest BCUT2D eigenvalue weighted by molar-refractivity contribution is 8.03. The largest absolute Gasteiger partial charge is 0.303 e. The molecule has 6 rings (SSSR count). The second kappa shape index (κ2) is 8.40. The molecule has 162 valence electrons. The lowest BCUT2D eigenvalue weighted by atomic mass is 9.97. The van der Waals surface area contributed by atoms with E-state index in [1.165, 1.54) is 39.3 Å². The molecule has 0 spiro atoms. The van der Waals surface area contributed by atoms with E-state index in [1.807, 2.05) is 23.1 Å². The first-order valence-corrected chi connectivity index (χ1v) is 13.8. The van der Waals surface area contributed by atoms with Crippen LogP contribution in [0, 0.1) is 6.92 Å². The summed E-state index contributed by atoms with van der Waals surface area (Å²) >= 11 is 5.51. The molecule has 2 aliphatic rings. The predicted molar refractivity (Wildman–Crippen MR) is 137 cm³/mol. The fourth-order valence-electron chi connectivity index (χ4n) is 4.89. The molecule has 1 aliphatic carbocycles. The van der Waals surface area contributed by atoms with Crippen LogP contribution in [-0.2, 0) is 12.8 Å². The van der Waals surface area contributed by atoms with Gasteiger partial charge in [0.25, 0.3) is 5.56 Å². The molecule has 6 heteroatoms. The van der Waals surface area contributed by atoms with Crippen molar-refractivity contribution in [3.63, 3.8) is 0 Å². The normalized spacial score (nSPS) is 20.2. The van der Waals surface area contributed by atoms with Gasteiger partial charge in [-0.3, -0.25) is 4.79 Å². The van der Waals surface area contributed by atoms with Crippen LogP contribution in [0.15, 0.2) is 69.4 Å². The molecule has 0 unspecified atom stereocenters. The molecule has 0 N–H and O–H groups in total. The molecule has 1 aliphatic heterocycles. The van der Waals surface area contributed by atoms with Crippen LogP contribution >= 0.6 is 34.9 Å². The molecule has 0 radical (unpaired) electrons. The van der Waals surface area contributed by atoms with E-state index < -0.39 is 0 Å². The van der Waals surface area contributed by atoms with Gasteiger partial charge in [0.1, 0.15) is 4.83 Å². The number of aromatic nitrogens is 2. The average molecular weight is 477 g/mol. The first-order chi connectivity index (χ1) is 15.7. The van der Waals surface area contributed by atoms with Crippen molar-refractivity contribution in [1.82, 2.24) is 9.55 Å². The number of thioether (sulfide) groups is 2. The molecule has 2 aromatic carbocycles. The highest BCUT2D eigenvalue weighted by atomic mass is 32.2. The molecule has 0 bridgehead atoms. The minimum absolute atomic E-state index is 0.0328. The molecule has 32 heavy (non-hydrogen) atoms. The number of benzene rings is 2. The van der Waals surface area contributed by atoms with Gasteiger partial charge >= 0.3 is 0 Å². The maximum atomic E-state index is 13.1. The summed E-state index contributed by atoms with van der Waals surface area (Å²) in [6.07, 6.45) is 4.49. The summed E-state index contributed by atoms with van der Waals surface area (Å²) < 4.78 is 2.40. The molecule has 0 saturated heterocycles. The summed E-state index contributed by atoms with van der Waals surface area (Å²) in [6, 6.07) is 19.8. The number of thiophene rings is 1. The maximum Gasteiger partial charge on any atom is 0.282 e. The Hall–Kier alpha value is -2.02. The fraction of sp³-hybridized carbons (Fsp3) is 0.308. The Morgan fingerprint density at radius 2 is 1.81 bits per heavy atom.